The number of ketones is 1. The monoisotopic (exact) mass is 387 g/mol. The van der Waals surface area contributed by atoms with Crippen molar-refractivity contribution < 1.29 is 13.6 Å². The molecule has 0 saturated heterocycles. The summed E-state index contributed by atoms with van der Waals surface area (Å²) in [7, 11) is 0. The topological polar surface area (TPSA) is 60.9 Å². The van der Waals surface area contributed by atoms with Gasteiger partial charge in [0, 0.05) is 28.1 Å². The molecular weight excluding hydrogens is 365 g/mol. The largest absolute Gasteiger partial charge is 0.415 e. The summed E-state index contributed by atoms with van der Waals surface area (Å²) in [6.07, 6.45) is 0. The molecular formula is C20H22FN3O2S. The van der Waals surface area contributed by atoms with E-state index in [1.54, 1.807) is 12.1 Å². The predicted molar refractivity (Wildman–Crippen MR) is 103 cm³/mol. The van der Waals surface area contributed by atoms with Crippen molar-refractivity contribution in [3.63, 3.8) is 0 Å². The summed E-state index contributed by atoms with van der Waals surface area (Å²) in [5, 5.41) is 8.43. The molecule has 0 aliphatic carbocycles. The van der Waals surface area contributed by atoms with E-state index >= 15 is 0 Å². The fourth-order valence-corrected chi connectivity index (χ4v) is 3.46. The third-order valence-corrected chi connectivity index (χ3v) is 5.01. The lowest BCUT2D eigenvalue weighted by molar-refractivity contribution is 0.102. The summed E-state index contributed by atoms with van der Waals surface area (Å²) in [5.74, 6) is 0.450. The summed E-state index contributed by atoms with van der Waals surface area (Å²) in [6.45, 7) is 9.78. The Labute approximate surface area is 162 Å². The molecule has 0 saturated carbocycles. The molecule has 2 heterocycles. The number of hydrogen-bond donors (Lipinski definition) is 0. The van der Waals surface area contributed by atoms with Crippen LogP contribution in [0.3, 0.4) is 0 Å². The maximum atomic E-state index is 13.2. The number of Topliss-reactive ketones (excluding diaryl/α,β-unsaturated/α-hetero) is 1. The van der Waals surface area contributed by atoms with Crippen LogP contribution < -0.4 is 0 Å². The third kappa shape index (κ3) is 4.13. The Hall–Kier alpha value is -2.41. The minimum Gasteiger partial charge on any atom is -0.415 e. The Morgan fingerprint density at radius 2 is 1.85 bits per heavy atom. The molecule has 3 rings (SSSR count). The van der Waals surface area contributed by atoms with Crippen LogP contribution in [0, 0.1) is 19.7 Å². The summed E-state index contributed by atoms with van der Waals surface area (Å²) in [5.41, 5.74) is 2.98. The van der Waals surface area contributed by atoms with Gasteiger partial charge >= 0.3 is 0 Å². The summed E-state index contributed by atoms with van der Waals surface area (Å²) >= 11 is 1.23. The fourth-order valence-electron chi connectivity index (χ4n) is 2.81. The number of thioether (sulfide) groups is 1. The third-order valence-electron chi connectivity index (χ3n) is 4.19. The zero-order chi connectivity index (χ0) is 19.8. The minimum absolute atomic E-state index is 0.0167. The van der Waals surface area contributed by atoms with Gasteiger partial charge in [0.25, 0.3) is 5.22 Å². The van der Waals surface area contributed by atoms with Gasteiger partial charge in [-0.25, -0.2) is 4.39 Å². The van der Waals surface area contributed by atoms with Crippen LogP contribution in [0.1, 0.15) is 48.4 Å². The fraction of sp³-hybridized carbons (Fsp3) is 0.350. The Morgan fingerprint density at radius 3 is 2.44 bits per heavy atom. The molecule has 1 aromatic carbocycles. The number of carbonyl (C=O) groups excluding carboxylic acids is 1. The molecule has 7 heteroatoms. The number of rotatable bonds is 5. The van der Waals surface area contributed by atoms with Gasteiger partial charge in [0.05, 0.1) is 5.75 Å². The number of aromatic nitrogens is 3. The molecule has 2 aromatic heterocycles. The van der Waals surface area contributed by atoms with E-state index in [1.165, 1.54) is 23.9 Å². The molecule has 0 atom stereocenters. The van der Waals surface area contributed by atoms with Gasteiger partial charge in [0.1, 0.15) is 5.82 Å². The highest BCUT2D eigenvalue weighted by molar-refractivity contribution is 7.99. The molecule has 27 heavy (non-hydrogen) atoms. The molecule has 0 unspecified atom stereocenters. The maximum absolute atomic E-state index is 13.2. The number of nitrogens with zero attached hydrogens (tertiary/aromatic N) is 3. The average Bonchev–Trinajstić information content (AvgIpc) is 3.19. The first-order chi connectivity index (χ1) is 12.7. The van der Waals surface area contributed by atoms with Crippen molar-refractivity contribution in [2.24, 2.45) is 0 Å². The molecule has 0 radical (unpaired) electrons. The molecule has 0 aliphatic rings. The van der Waals surface area contributed by atoms with Crippen molar-refractivity contribution in [3.8, 4) is 5.69 Å². The van der Waals surface area contributed by atoms with Crippen LogP contribution in [-0.2, 0) is 5.41 Å². The van der Waals surface area contributed by atoms with E-state index in [9.17, 15) is 9.18 Å². The molecule has 142 valence electrons. The second-order valence-electron chi connectivity index (χ2n) is 7.43. The van der Waals surface area contributed by atoms with E-state index in [2.05, 4.69) is 10.2 Å². The zero-order valence-electron chi connectivity index (χ0n) is 16.0. The lowest BCUT2D eigenvalue weighted by Gasteiger charge is -2.10. The number of carbonyl (C=O) groups is 1. The number of benzene rings is 1. The Balaban J connectivity index is 1.77. The molecule has 0 bridgehead atoms. The summed E-state index contributed by atoms with van der Waals surface area (Å²) in [4.78, 5) is 12.7. The highest BCUT2D eigenvalue weighted by Crippen LogP contribution is 2.27. The second kappa shape index (κ2) is 7.31. The van der Waals surface area contributed by atoms with E-state index < -0.39 is 0 Å². The van der Waals surface area contributed by atoms with Gasteiger partial charge in [-0.05, 0) is 44.2 Å². The van der Waals surface area contributed by atoms with Gasteiger partial charge in [-0.3, -0.25) is 4.79 Å². The molecule has 0 amide bonds. The second-order valence-corrected chi connectivity index (χ2v) is 8.36. The molecule has 0 aliphatic heterocycles. The van der Waals surface area contributed by atoms with E-state index in [1.807, 2.05) is 45.3 Å². The first-order valence-electron chi connectivity index (χ1n) is 8.61. The van der Waals surface area contributed by atoms with Crippen LogP contribution in [-0.4, -0.2) is 26.3 Å². The Morgan fingerprint density at radius 1 is 1.19 bits per heavy atom. The van der Waals surface area contributed by atoms with E-state index in [0.717, 1.165) is 17.1 Å². The summed E-state index contributed by atoms with van der Waals surface area (Å²) < 4.78 is 20.8. The average molecular weight is 387 g/mol. The van der Waals surface area contributed by atoms with Gasteiger partial charge in [-0.15, -0.1) is 10.2 Å². The van der Waals surface area contributed by atoms with Crippen molar-refractivity contribution in [2.45, 2.75) is 45.3 Å². The minimum atomic E-state index is -0.289. The van der Waals surface area contributed by atoms with Crippen LogP contribution in [0.15, 0.2) is 40.0 Å². The SMILES string of the molecule is Cc1cc(C(=O)CSc2nnc(C(C)(C)C)o2)c(C)n1-c1ccc(F)cc1. The highest BCUT2D eigenvalue weighted by atomic mass is 32.2. The number of hydrogen-bond acceptors (Lipinski definition) is 5. The van der Waals surface area contributed by atoms with E-state index in [4.69, 9.17) is 4.42 Å². The van der Waals surface area contributed by atoms with Crippen LogP contribution in [0.5, 0.6) is 0 Å². The van der Waals surface area contributed by atoms with Gasteiger partial charge in [-0.1, -0.05) is 32.5 Å². The highest BCUT2D eigenvalue weighted by Gasteiger charge is 2.23. The molecule has 0 spiro atoms. The van der Waals surface area contributed by atoms with Crippen molar-refractivity contribution in [1.29, 1.82) is 0 Å². The zero-order valence-corrected chi connectivity index (χ0v) is 16.9. The van der Waals surface area contributed by atoms with Gasteiger partial charge < -0.3 is 8.98 Å². The lowest BCUT2D eigenvalue weighted by Crippen LogP contribution is -2.11. The lowest BCUT2D eigenvalue weighted by atomic mass is 9.97. The number of aryl methyl sites for hydroxylation is 1. The summed E-state index contributed by atoms with van der Waals surface area (Å²) in [6, 6.07) is 8.08. The van der Waals surface area contributed by atoms with Crippen molar-refractivity contribution in [1.82, 2.24) is 14.8 Å². The van der Waals surface area contributed by atoms with Crippen LogP contribution in [0.25, 0.3) is 5.69 Å². The van der Waals surface area contributed by atoms with Crippen molar-refractivity contribution in [3.05, 3.63) is 59.0 Å². The first kappa shape index (κ1) is 19.4. The smallest absolute Gasteiger partial charge is 0.277 e. The van der Waals surface area contributed by atoms with Crippen LogP contribution in [0.2, 0.25) is 0 Å². The Bertz CT molecular complexity index is 968. The Kier molecular flexibility index (Phi) is 5.24. The molecule has 0 N–H and O–H groups in total. The van der Waals surface area contributed by atoms with Gasteiger partial charge in [0.2, 0.25) is 5.89 Å². The predicted octanol–water partition coefficient (Wildman–Crippen LogP) is 4.89. The number of halogens is 1. The maximum Gasteiger partial charge on any atom is 0.277 e. The molecule has 3 aromatic rings. The van der Waals surface area contributed by atoms with Gasteiger partial charge in [-0.2, -0.15) is 0 Å². The van der Waals surface area contributed by atoms with E-state index in [-0.39, 0.29) is 22.8 Å². The normalized spacial score (nSPS) is 11.8. The van der Waals surface area contributed by atoms with Crippen molar-refractivity contribution >= 4 is 17.5 Å². The molecule has 5 nitrogen and oxygen atoms in total. The molecule has 0 fully saturated rings. The van der Waals surface area contributed by atoms with E-state index in [0.29, 0.717) is 16.7 Å². The van der Waals surface area contributed by atoms with Gasteiger partial charge in [0.15, 0.2) is 5.78 Å². The standard InChI is InChI=1S/C20H22FN3O2S/c1-12-10-16(13(2)24(12)15-8-6-14(21)7-9-15)17(25)11-27-19-23-22-18(26-19)20(3,4)5/h6-10H,11H2,1-5H3. The quantitative estimate of drug-likeness (QED) is 0.461. The van der Waals surface area contributed by atoms with Crippen LogP contribution in [0.4, 0.5) is 4.39 Å². The first-order valence-corrected chi connectivity index (χ1v) is 9.60. The van der Waals surface area contributed by atoms with Crippen molar-refractivity contribution in [2.75, 3.05) is 5.75 Å². The van der Waals surface area contributed by atoms with Crippen LogP contribution >= 0.6 is 11.8 Å².